The Morgan fingerprint density at radius 3 is 2.86 bits per heavy atom. The molecule has 1 aromatic carbocycles. The zero-order valence-corrected chi connectivity index (χ0v) is 8.79. The third-order valence-electron chi connectivity index (χ3n) is 1.77. The lowest BCUT2D eigenvalue weighted by molar-refractivity contribution is -0.118. The minimum absolute atomic E-state index is 0.256. The van der Waals surface area contributed by atoms with E-state index in [4.69, 9.17) is 17.3 Å². The van der Waals surface area contributed by atoms with Gasteiger partial charge in [0, 0.05) is 11.6 Å². The van der Waals surface area contributed by atoms with E-state index < -0.39 is 0 Å². The molecule has 0 saturated carbocycles. The van der Waals surface area contributed by atoms with Gasteiger partial charge >= 0.3 is 0 Å². The van der Waals surface area contributed by atoms with Crippen LogP contribution >= 0.6 is 11.6 Å². The smallest absolute Gasteiger partial charge is 0.231 e. The molecule has 76 valence electrons. The van der Waals surface area contributed by atoms with Gasteiger partial charge in [0.15, 0.2) is 0 Å². The van der Waals surface area contributed by atoms with Gasteiger partial charge in [0.1, 0.15) is 0 Å². The first-order valence-electron chi connectivity index (χ1n) is 4.29. The molecule has 14 heavy (non-hydrogen) atoms. The molecule has 1 aromatic rings. The third-order valence-corrected chi connectivity index (χ3v) is 2.00. The van der Waals surface area contributed by atoms with E-state index in [0.29, 0.717) is 11.6 Å². The summed E-state index contributed by atoms with van der Waals surface area (Å²) in [7, 11) is 1.84. The Labute approximate surface area is 88.5 Å². The van der Waals surface area contributed by atoms with Gasteiger partial charge < -0.3 is 5.73 Å². The molecule has 0 saturated heterocycles. The van der Waals surface area contributed by atoms with E-state index in [1.165, 1.54) is 0 Å². The summed E-state index contributed by atoms with van der Waals surface area (Å²) in [6.07, 6.45) is 0. The van der Waals surface area contributed by atoms with Gasteiger partial charge in [-0.05, 0) is 24.7 Å². The molecule has 3 nitrogen and oxygen atoms in total. The molecule has 2 N–H and O–H groups in total. The molecule has 0 aliphatic heterocycles. The highest BCUT2D eigenvalue weighted by atomic mass is 35.5. The molecule has 0 heterocycles. The highest BCUT2D eigenvalue weighted by molar-refractivity contribution is 6.30. The lowest BCUT2D eigenvalue weighted by atomic mass is 10.2. The van der Waals surface area contributed by atoms with Crippen molar-refractivity contribution in [2.75, 3.05) is 13.6 Å². The minimum atomic E-state index is -0.325. The maximum Gasteiger partial charge on any atom is 0.231 e. The maximum atomic E-state index is 10.6. The molecule has 0 bridgehead atoms. The summed E-state index contributed by atoms with van der Waals surface area (Å²) in [5.74, 6) is -0.325. The predicted octanol–water partition coefficient (Wildman–Crippen LogP) is 1.26. The zero-order valence-electron chi connectivity index (χ0n) is 8.03. The van der Waals surface area contributed by atoms with Crippen LogP contribution < -0.4 is 5.73 Å². The number of carbonyl (C=O) groups excluding carboxylic acids is 1. The lowest BCUT2D eigenvalue weighted by Crippen LogP contribution is -2.30. The number of nitrogens with zero attached hydrogens (tertiary/aromatic N) is 1. The van der Waals surface area contributed by atoms with E-state index in [-0.39, 0.29) is 12.5 Å². The second kappa shape index (κ2) is 4.98. The Hall–Kier alpha value is -1.06. The molecular weight excluding hydrogens is 200 g/mol. The second-order valence-corrected chi connectivity index (χ2v) is 3.70. The molecule has 0 aromatic heterocycles. The van der Waals surface area contributed by atoms with Crippen molar-refractivity contribution in [1.29, 1.82) is 0 Å². The van der Waals surface area contributed by atoms with Crippen LogP contribution in [0.4, 0.5) is 0 Å². The Kier molecular flexibility index (Phi) is 3.92. The van der Waals surface area contributed by atoms with Gasteiger partial charge in [0.2, 0.25) is 5.91 Å². The largest absolute Gasteiger partial charge is 0.369 e. The van der Waals surface area contributed by atoms with Gasteiger partial charge in [-0.15, -0.1) is 0 Å². The molecule has 4 heteroatoms. The first-order valence-corrected chi connectivity index (χ1v) is 4.67. The van der Waals surface area contributed by atoms with Crippen LogP contribution in [-0.2, 0) is 11.3 Å². The maximum absolute atomic E-state index is 10.6. The molecule has 0 aliphatic rings. The van der Waals surface area contributed by atoms with E-state index in [2.05, 4.69) is 0 Å². The number of rotatable bonds is 4. The average Bonchev–Trinajstić information content (AvgIpc) is 2.01. The van der Waals surface area contributed by atoms with Crippen LogP contribution in [0.25, 0.3) is 0 Å². The van der Waals surface area contributed by atoms with Crippen molar-refractivity contribution in [3.8, 4) is 0 Å². The highest BCUT2D eigenvalue weighted by Crippen LogP contribution is 2.11. The van der Waals surface area contributed by atoms with E-state index >= 15 is 0 Å². The predicted molar refractivity (Wildman–Crippen MR) is 57.0 cm³/mol. The van der Waals surface area contributed by atoms with Gasteiger partial charge in [0.25, 0.3) is 0 Å². The topological polar surface area (TPSA) is 46.3 Å². The van der Waals surface area contributed by atoms with Crippen LogP contribution in [0, 0.1) is 0 Å². The Balaban J connectivity index is 2.55. The number of carbonyl (C=O) groups is 1. The van der Waals surface area contributed by atoms with Crippen molar-refractivity contribution in [3.05, 3.63) is 34.9 Å². The summed E-state index contributed by atoms with van der Waals surface area (Å²) >= 11 is 5.82. The Bertz CT molecular complexity index is 328. The van der Waals surface area contributed by atoms with Crippen molar-refractivity contribution in [1.82, 2.24) is 4.90 Å². The standard InChI is InChI=1S/C10H13ClN2O/c1-13(7-10(12)14)6-8-3-2-4-9(11)5-8/h2-5H,6-7H2,1H3,(H2,12,14). The summed E-state index contributed by atoms with van der Waals surface area (Å²) in [4.78, 5) is 12.5. The van der Waals surface area contributed by atoms with E-state index in [9.17, 15) is 4.79 Å². The van der Waals surface area contributed by atoms with Crippen LogP contribution in [0.5, 0.6) is 0 Å². The molecule has 0 aliphatic carbocycles. The number of likely N-dealkylation sites (N-methyl/N-ethyl adjacent to an activating group) is 1. The number of nitrogens with two attached hydrogens (primary N) is 1. The zero-order chi connectivity index (χ0) is 10.6. The summed E-state index contributed by atoms with van der Waals surface area (Å²) in [5.41, 5.74) is 6.14. The molecule has 1 rings (SSSR count). The SMILES string of the molecule is CN(CC(N)=O)Cc1cccc(Cl)c1. The first-order chi connectivity index (χ1) is 6.58. The van der Waals surface area contributed by atoms with Gasteiger partial charge in [0.05, 0.1) is 6.54 Å². The van der Waals surface area contributed by atoms with E-state index in [0.717, 1.165) is 5.56 Å². The fourth-order valence-corrected chi connectivity index (χ4v) is 1.48. The van der Waals surface area contributed by atoms with E-state index in [1.807, 2.05) is 36.2 Å². The number of hydrogen-bond acceptors (Lipinski definition) is 2. The van der Waals surface area contributed by atoms with Crippen molar-refractivity contribution < 1.29 is 4.79 Å². The van der Waals surface area contributed by atoms with Crippen molar-refractivity contribution >= 4 is 17.5 Å². The third kappa shape index (κ3) is 3.77. The van der Waals surface area contributed by atoms with Crippen LogP contribution in [0.1, 0.15) is 5.56 Å². The van der Waals surface area contributed by atoms with Gasteiger partial charge in [-0.25, -0.2) is 0 Å². The number of hydrogen-bond donors (Lipinski definition) is 1. The molecule has 1 amide bonds. The summed E-state index contributed by atoms with van der Waals surface area (Å²) < 4.78 is 0. The molecule has 0 unspecified atom stereocenters. The first kappa shape index (κ1) is 11.0. The van der Waals surface area contributed by atoms with Crippen LogP contribution in [0.3, 0.4) is 0 Å². The summed E-state index contributed by atoms with van der Waals surface area (Å²) in [6, 6.07) is 7.54. The number of halogens is 1. The van der Waals surface area contributed by atoms with Crippen molar-refractivity contribution in [2.24, 2.45) is 5.73 Å². The minimum Gasteiger partial charge on any atom is -0.369 e. The quantitative estimate of drug-likeness (QED) is 0.817. The Morgan fingerprint density at radius 1 is 1.57 bits per heavy atom. The fourth-order valence-electron chi connectivity index (χ4n) is 1.27. The fraction of sp³-hybridized carbons (Fsp3) is 0.300. The van der Waals surface area contributed by atoms with Crippen molar-refractivity contribution in [3.63, 3.8) is 0 Å². The van der Waals surface area contributed by atoms with Gasteiger partial charge in [-0.3, -0.25) is 9.69 Å². The van der Waals surface area contributed by atoms with Gasteiger partial charge in [-0.1, -0.05) is 23.7 Å². The molecule has 0 fully saturated rings. The molecular formula is C10H13ClN2O. The van der Waals surface area contributed by atoms with Crippen LogP contribution in [0.15, 0.2) is 24.3 Å². The summed E-state index contributed by atoms with van der Waals surface area (Å²) in [5, 5.41) is 0.704. The lowest BCUT2D eigenvalue weighted by Gasteiger charge is -2.14. The number of primary amides is 1. The monoisotopic (exact) mass is 212 g/mol. The molecule has 0 atom stereocenters. The van der Waals surface area contributed by atoms with Crippen molar-refractivity contribution in [2.45, 2.75) is 6.54 Å². The highest BCUT2D eigenvalue weighted by Gasteiger charge is 2.03. The Morgan fingerprint density at radius 2 is 2.29 bits per heavy atom. The summed E-state index contributed by atoms with van der Waals surface area (Å²) in [6.45, 7) is 0.927. The van der Waals surface area contributed by atoms with Crippen LogP contribution in [0.2, 0.25) is 5.02 Å². The molecule has 0 spiro atoms. The normalized spacial score (nSPS) is 10.5. The second-order valence-electron chi connectivity index (χ2n) is 3.27. The molecule has 0 radical (unpaired) electrons. The number of amides is 1. The average molecular weight is 213 g/mol. The van der Waals surface area contributed by atoms with E-state index in [1.54, 1.807) is 0 Å². The van der Waals surface area contributed by atoms with Crippen LogP contribution in [-0.4, -0.2) is 24.4 Å². The van der Waals surface area contributed by atoms with Gasteiger partial charge in [-0.2, -0.15) is 0 Å². The number of benzene rings is 1.